The van der Waals surface area contributed by atoms with Gasteiger partial charge in [-0.2, -0.15) is 0 Å². The van der Waals surface area contributed by atoms with Crippen LogP contribution in [-0.2, 0) is 14.4 Å². The zero-order valence-electron chi connectivity index (χ0n) is 19.2. The second-order valence-electron chi connectivity index (χ2n) is 8.34. The minimum absolute atomic E-state index is 0.00828. The number of thiocarbonyl (C=S) groups is 1. The Kier molecular flexibility index (Phi) is 6.40. The third-order valence-electron chi connectivity index (χ3n) is 6.32. The van der Waals surface area contributed by atoms with E-state index in [1.165, 1.54) is 9.80 Å². The van der Waals surface area contributed by atoms with Gasteiger partial charge in [-0.1, -0.05) is 64.5 Å². The fourth-order valence-electron chi connectivity index (χ4n) is 4.77. The lowest BCUT2D eigenvalue weighted by Crippen LogP contribution is -2.62. The van der Waals surface area contributed by atoms with Crippen molar-refractivity contribution in [1.29, 1.82) is 0 Å². The maximum atomic E-state index is 14.5. The van der Waals surface area contributed by atoms with Crippen LogP contribution in [0.1, 0.15) is 5.56 Å². The van der Waals surface area contributed by atoms with E-state index >= 15 is 0 Å². The van der Waals surface area contributed by atoms with Crippen molar-refractivity contribution >= 4 is 68.0 Å². The van der Waals surface area contributed by atoms with Gasteiger partial charge in [0.15, 0.2) is 5.11 Å². The highest BCUT2D eigenvalue weighted by atomic mass is 79.9. The van der Waals surface area contributed by atoms with E-state index in [4.69, 9.17) is 12.2 Å². The second-order valence-corrected chi connectivity index (χ2v) is 9.62. The number of rotatable bonds is 5. The van der Waals surface area contributed by atoms with Crippen LogP contribution in [-0.4, -0.2) is 56.6 Å². The van der Waals surface area contributed by atoms with Gasteiger partial charge in [0.1, 0.15) is 11.3 Å². The zero-order chi connectivity index (χ0) is 26.3. The number of carbonyl (C=O) groups excluding carboxylic acids is 3. The summed E-state index contributed by atoms with van der Waals surface area (Å²) in [6.45, 7) is -0.872. The quantitative estimate of drug-likeness (QED) is 0.206. The van der Waals surface area contributed by atoms with Crippen LogP contribution in [0.5, 0.6) is 0 Å². The number of β-amino-alcohol motifs (C(OH)–C–C–N with tert-alkyl or cyclic N) is 1. The molecular weight excluding hydrogens is 558 g/mol. The number of hydrogen-bond acceptors (Lipinski definition) is 6. The molecule has 186 valence electrons. The Morgan fingerprint density at radius 3 is 2.00 bits per heavy atom. The largest absolute Gasteiger partial charge is 0.507 e. The predicted octanol–water partition coefficient (Wildman–Crippen LogP) is 3.66. The summed E-state index contributed by atoms with van der Waals surface area (Å²) in [6, 6.07) is 23.7. The summed E-state index contributed by atoms with van der Waals surface area (Å²) < 4.78 is 0.735. The third kappa shape index (κ3) is 3.67. The van der Waals surface area contributed by atoms with Crippen LogP contribution in [0, 0.1) is 0 Å². The number of benzene rings is 3. The van der Waals surface area contributed by atoms with Crippen molar-refractivity contribution in [2.24, 2.45) is 0 Å². The number of aliphatic hydroxyl groups is 2. The Labute approximate surface area is 226 Å². The molecule has 1 atom stereocenters. The van der Waals surface area contributed by atoms with Gasteiger partial charge in [-0.05, 0) is 48.6 Å². The molecule has 3 aromatic carbocycles. The Hall–Kier alpha value is -3.86. The highest BCUT2D eigenvalue weighted by molar-refractivity contribution is 9.10. The van der Waals surface area contributed by atoms with Gasteiger partial charge in [0.05, 0.1) is 12.3 Å². The summed E-state index contributed by atoms with van der Waals surface area (Å²) in [5, 5.41) is 21.4. The van der Waals surface area contributed by atoms with Crippen molar-refractivity contribution in [1.82, 2.24) is 4.90 Å². The molecule has 10 heteroatoms. The molecule has 2 aliphatic heterocycles. The molecule has 0 bridgehead atoms. The van der Waals surface area contributed by atoms with E-state index in [-0.39, 0.29) is 17.2 Å². The number of nitrogens with zero attached hydrogens (tertiary/aromatic N) is 3. The lowest BCUT2D eigenvalue weighted by atomic mass is 9.93. The first kappa shape index (κ1) is 24.8. The van der Waals surface area contributed by atoms with Crippen LogP contribution in [0.15, 0.2) is 95.0 Å². The lowest BCUT2D eigenvalue weighted by Gasteiger charge is -2.39. The number of hydrogen-bond donors (Lipinski definition) is 2. The predicted molar refractivity (Wildman–Crippen MR) is 146 cm³/mol. The number of Topliss-reactive ketones (excluding diaryl/α,β-unsaturated/α-hetero) is 1. The maximum absolute atomic E-state index is 14.5. The summed E-state index contributed by atoms with van der Waals surface area (Å²) in [6.07, 6.45) is 0. The minimum Gasteiger partial charge on any atom is -0.507 e. The average Bonchev–Trinajstić information content (AvgIpc) is 3.27. The van der Waals surface area contributed by atoms with Gasteiger partial charge in [-0.3, -0.25) is 29.1 Å². The van der Waals surface area contributed by atoms with E-state index in [2.05, 4.69) is 15.9 Å². The fourth-order valence-corrected chi connectivity index (χ4v) is 5.46. The van der Waals surface area contributed by atoms with Gasteiger partial charge in [-0.25, -0.2) is 0 Å². The van der Waals surface area contributed by atoms with Crippen LogP contribution in [0.25, 0.3) is 5.76 Å². The molecule has 1 unspecified atom stereocenters. The molecule has 0 radical (unpaired) electrons. The molecule has 37 heavy (non-hydrogen) atoms. The Morgan fingerprint density at radius 1 is 0.865 bits per heavy atom. The fraction of sp³-hybridized carbons (Fsp3) is 0.111. The molecule has 0 aliphatic carbocycles. The lowest BCUT2D eigenvalue weighted by molar-refractivity contribution is -0.143. The van der Waals surface area contributed by atoms with Crippen LogP contribution < -0.4 is 9.80 Å². The van der Waals surface area contributed by atoms with E-state index < -0.39 is 41.2 Å². The van der Waals surface area contributed by atoms with Crippen molar-refractivity contribution in [3.05, 3.63) is 101 Å². The molecule has 2 saturated heterocycles. The number of aliphatic hydroxyl groups excluding tert-OH is 2. The number of halogens is 1. The number of likely N-dealkylation sites (tertiary alicyclic amines) is 1. The van der Waals surface area contributed by atoms with Crippen molar-refractivity contribution in [3.8, 4) is 0 Å². The highest BCUT2D eigenvalue weighted by Gasteiger charge is 2.71. The number of ketones is 1. The molecule has 2 N–H and O–H groups in total. The number of para-hydroxylation sites is 2. The minimum atomic E-state index is -2.16. The first-order valence-corrected chi connectivity index (χ1v) is 12.5. The first-order chi connectivity index (χ1) is 17.8. The topological polar surface area (TPSA) is 101 Å². The number of carbonyl (C=O) groups is 3. The Balaban J connectivity index is 1.87. The van der Waals surface area contributed by atoms with E-state index in [1.54, 1.807) is 84.9 Å². The van der Waals surface area contributed by atoms with E-state index in [1.807, 2.05) is 0 Å². The summed E-state index contributed by atoms with van der Waals surface area (Å²) in [4.78, 5) is 45.1. The van der Waals surface area contributed by atoms with Gasteiger partial charge in [0.25, 0.3) is 17.6 Å². The van der Waals surface area contributed by atoms with Crippen molar-refractivity contribution < 1.29 is 24.6 Å². The highest BCUT2D eigenvalue weighted by Crippen LogP contribution is 2.48. The Bertz CT molecular complexity index is 1450. The first-order valence-electron chi connectivity index (χ1n) is 11.3. The molecule has 2 aliphatic rings. The van der Waals surface area contributed by atoms with E-state index in [9.17, 15) is 24.6 Å². The van der Waals surface area contributed by atoms with E-state index in [0.29, 0.717) is 11.4 Å². The van der Waals surface area contributed by atoms with Crippen LogP contribution >= 0.6 is 28.1 Å². The standard InChI is InChI=1S/C27H20BrN3O5S/c28-18-13-11-17(12-14-18)22(33)21-23(34)24(35)29(15-16-32)27(21)25(36)30(19-7-3-1-4-8-19)26(37)31(27)20-9-5-2-6-10-20/h1-14,32-33H,15-16H2/b22-21-. The van der Waals surface area contributed by atoms with Crippen LogP contribution in [0.2, 0.25) is 0 Å². The average molecular weight is 578 g/mol. The normalized spacial score (nSPS) is 21.0. The van der Waals surface area contributed by atoms with Crippen molar-refractivity contribution in [2.75, 3.05) is 23.0 Å². The van der Waals surface area contributed by atoms with Gasteiger partial charge < -0.3 is 10.2 Å². The van der Waals surface area contributed by atoms with Gasteiger partial charge in [-0.15, -0.1) is 0 Å². The van der Waals surface area contributed by atoms with E-state index in [0.717, 1.165) is 9.37 Å². The van der Waals surface area contributed by atoms with Gasteiger partial charge in [0, 0.05) is 22.3 Å². The number of anilines is 2. The second kappa shape index (κ2) is 9.55. The van der Waals surface area contributed by atoms with Gasteiger partial charge in [0.2, 0.25) is 5.66 Å². The molecular formula is C27H20BrN3O5S. The smallest absolute Gasteiger partial charge is 0.297 e. The van der Waals surface area contributed by atoms with Crippen molar-refractivity contribution in [3.63, 3.8) is 0 Å². The molecule has 2 amide bonds. The maximum Gasteiger partial charge on any atom is 0.297 e. The summed E-state index contributed by atoms with van der Waals surface area (Å²) in [7, 11) is 0. The third-order valence-corrected chi connectivity index (χ3v) is 7.21. The summed E-state index contributed by atoms with van der Waals surface area (Å²) >= 11 is 9.15. The summed E-state index contributed by atoms with van der Waals surface area (Å²) in [5.74, 6) is -3.34. The monoisotopic (exact) mass is 577 g/mol. The molecule has 2 fully saturated rings. The Morgan fingerprint density at radius 2 is 1.43 bits per heavy atom. The number of amides is 2. The molecule has 5 rings (SSSR count). The molecule has 0 aromatic heterocycles. The van der Waals surface area contributed by atoms with Crippen molar-refractivity contribution in [2.45, 2.75) is 5.66 Å². The SMILES string of the molecule is O=C1C(=O)N(CCO)C2(C(=O)N(c3ccccc3)C(=S)N2c2ccccc2)/C1=C(\O)c1ccc(Br)cc1. The molecule has 2 heterocycles. The summed E-state index contributed by atoms with van der Waals surface area (Å²) in [5.41, 5.74) is -1.51. The molecule has 0 saturated carbocycles. The van der Waals surface area contributed by atoms with Crippen LogP contribution in [0.4, 0.5) is 11.4 Å². The molecule has 8 nitrogen and oxygen atoms in total. The molecule has 1 spiro atoms. The molecule has 3 aromatic rings. The van der Waals surface area contributed by atoms with Gasteiger partial charge >= 0.3 is 0 Å². The van der Waals surface area contributed by atoms with Crippen LogP contribution in [0.3, 0.4) is 0 Å². The zero-order valence-corrected chi connectivity index (χ0v) is 21.6.